The molecule has 2 aromatic rings. The molecule has 5 unspecified atom stereocenters. The second-order valence-corrected chi connectivity index (χ2v) is 10.3. The summed E-state index contributed by atoms with van der Waals surface area (Å²) in [4.78, 5) is 38.8. The normalized spacial score (nSPS) is 27.9. The van der Waals surface area contributed by atoms with Crippen molar-refractivity contribution < 1.29 is 43.3 Å². The first-order chi connectivity index (χ1) is 12.9. The van der Waals surface area contributed by atoms with Crippen molar-refractivity contribution in [3.8, 4) is 0 Å². The molecule has 14 nitrogen and oxygen atoms in total. The molecule has 3 rings (SSSR count). The zero-order valence-corrected chi connectivity index (χ0v) is 16.4. The molecule has 0 aliphatic carbocycles. The van der Waals surface area contributed by atoms with E-state index in [1.54, 1.807) is 0 Å². The summed E-state index contributed by atoms with van der Waals surface area (Å²) in [5.41, 5.74) is 5.99. The molecule has 1 aliphatic rings. The predicted molar refractivity (Wildman–Crippen MR) is 93.4 cm³/mol. The molecule has 3 heterocycles. The van der Waals surface area contributed by atoms with E-state index in [2.05, 4.69) is 19.5 Å². The van der Waals surface area contributed by atoms with Crippen molar-refractivity contribution >= 4 is 43.8 Å². The lowest BCUT2D eigenvalue weighted by Crippen LogP contribution is -2.33. The van der Waals surface area contributed by atoms with E-state index in [0.717, 1.165) is 0 Å². The number of aliphatic hydroxyl groups is 2. The average molecular weight is 460 g/mol. The van der Waals surface area contributed by atoms with E-state index in [1.165, 1.54) is 10.9 Å². The summed E-state index contributed by atoms with van der Waals surface area (Å²) in [5.74, 6) is -1.41. The number of nitrogen functional groups attached to an aromatic ring is 1. The number of nitrogens with zero attached hydrogens (tertiary/aromatic N) is 4. The van der Waals surface area contributed by atoms with Crippen LogP contribution in [0.25, 0.3) is 11.2 Å². The third kappa shape index (κ3) is 4.52. The maximum atomic E-state index is 11.7. The van der Waals surface area contributed by atoms with Gasteiger partial charge < -0.3 is 39.9 Å². The van der Waals surface area contributed by atoms with Crippen LogP contribution in [0.3, 0.4) is 0 Å². The Morgan fingerprint density at radius 1 is 1.25 bits per heavy atom. The number of halogens is 1. The molecule has 0 bridgehead atoms. The highest BCUT2D eigenvalue weighted by Crippen LogP contribution is 2.55. The predicted octanol–water partition coefficient (Wildman–Crippen LogP) is -0.982. The fourth-order valence-electron chi connectivity index (χ4n) is 2.66. The molecule has 7 N–H and O–H groups in total. The summed E-state index contributed by atoms with van der Waals surface area (Å²) in [6, 6.07) is 0. The second kappa shape index (κ2) is 7.58. The third-order valence-electron chi connectivity index (χ3n) is 3.84. The van der Waals surface area contributed by atoms with Gasteiger partial charge in [0.2, 0.25) is 5.28 Å². The topological polar surface area (TPSA) is 223 Å². The number of nitrogens with two attached hydrogens (primary N) is 1. The Bertz CT molecular complexity index is 983. The number of fused-ring (bicyclic) bond motifs is 1. The van der Waals surface area contributed by atoms with Gasteiger partial charge in [-0.15, -0.1) is 0 Å². The van der Waals surface area contributed by atoms with Gasteiger partial charge in [-0.25, -0.2) is 4.98 Å². The first kappa shape index (κ1) is 21.5. The summed E-state index contributed by atoms with van der Waals surface area (Å²) in [7, 11) is -9.46. The number of anilines is 1. The average Bonchev–Trinajstić information content (AvgIpc) is 3.06. The van der Waals surface area contributed by atoms with E-state index in [1.807, 2.05) is 0 Å². The lowest BCUT2D eigenvalue weighted by Gasteiger charge is -2.18. The minimum absolute atomic E-state index is 0.0136. The standard InChI is InChI=1S/C11H16ClN5O9P2/c12-11-15-8(13)5-9(16-11)17(2-14-5)10-7(19)6(18)4(26-10)1-25-28(23,24)3-27(20,21)22/h2,4,6-7,10,18-19H,1,3H2,(H,23,24)(H2,13,15,16)(H2,20,21,22). The zero-order valence-electron chi connectivity index (χ0n) is 13.8. The summed E-state index contributed by atoms with van der Waals surface area (Å²) in [5, 5.41) is 20.2. The van der Waals surface area contributed by atoms with Crippen LogP contribution in [0.2, 0.25) is 5.28 Å². The van der Waals surface area contributed by atoms with Gasteiger partial charge in [0, 0.05) is 0 Å². The van der Waals surface area contributed by atoms with Crippen LogP contribution in [-0.4, -0.2) is 75.2 Å². The molecule has 17 heteroatoms. The van der Waals surface area contributed by atoms with Gasteiger partial charge in [-0.3, -0.25) is 13.7 Å². The quantitative estimate of drug-likeness (QED) is 0.226. The SMILES string of the molecule is Nc1nc(Cl)nc2c1ncn2C1OC(COP(=O)(O)CP(=O)(O)O)C(O)C1O. The van der Waals surface area contributed by atoms with Crippen LogP contribution in [0.5, 0.6) is 0 Å². The first-order valence-electron chi connectivity index (χ1n) is 7.56. The molecule has 0 amide bonds. The number of imidazole rings is 1. The second-order valence-electron chi connectivity index (χ2n) is 5.99. The molecule has 0 spiro atoms. The highest BCUT2D eigenvalue weighted by Gasteiger charge is 2.45. The molecule has 5 atom stereocenters. The molecule has 28 heavy (non-hydrogen) atoms. The monoisotopic (exact) mass is 459 g/mol. The first-order valence-corrected chi connectivity index (χ1v) is 11.5. The Balaban J connectivity index is 1.78. The largest absolute Gasteiger partial charge is 0.387 e. The van der Waals surface area contributed by atoms with Crippen LogP contribution in [-0.2, 0) is 18.4 Å². The number of rotatable bonds is 6. The van der Waals surface area contributed by atoms with Crippen LogP contribution in [0, 0.1) is 0 Å². The van der Waals surface area contributed by atoms with E-state index in [4.69, 9.17) is 31.9 Å². The van der Waals surface area contributed by atoms with E-state index in [-0.39, 0.29) is 22.3 Å². The van der Waals surface area contributed by atoms with Gasteiger partial charge in [0.1, 0.15) is 23.8 Å². The maximum Gasteiger partial charge on any atom is 0.340 e. The van der Waals surface area contributed by atoms with E-state index in [9.17, 15) is 24.2 Å². The molecule has 0 aromatic carbocycles. The van der Waals surface area contributed by atoms with Crippen LogP contribution in [0.15, 0.2) is 6.33 Å². The fraction of sp³-hybridized carbons (Fsp3) is 0.545. The number of aliphatic hydroxyl groups excluding tert-OH is 2. The van der Waals surface area contributed by atoms with Crippen LogP contribution >= 0.6 is 26.8 Å². The van der Waals surface area contributed by atoms with Crippen molar-refractivity contribution in [1.29, 1.82) is 0 Å². The summed E-state index contributed by atoms with van der Waals surface area (Å²) >= 11 is 5.77. The molecule has 2 aromatic heterocycles. The van der Waals surface area contributed by atoms with Crippen molar-refractivity contribution in [2.75, 3.05) is 18.2 Å². The van der Waals surface area contributed by atoms with E-state index >= 15 is 0 Å². The highest BCUT2D eigenvalue weighted by atomic mass is 35.5. The third-order valence-corrected chi connectivity index (χ3v) is 7.46. The fourth-order valence-corrected chi connectivity index (χ4v) is 5.40. The zero-order chi connectivity index (χ0) is 20.9. The number of hydrogen-bond acceptors (Lipinski definition) is 10. The number of ether oxygens (including phenoxy) is 1. The summed E-state index contributed by atoms with van der Waals surface area (Å²) < 4.78 is 33.9. The molecular formula is C11H16ClN5O9P2. The van der Waals surface area contributed by atoms with Gasteiger partial charge in [0.25, 0.3) is 0 Å². The molecule has 1 aliphatic heterocycles. The van der Waals surface area contributed by atoms with Gasteiger partial charge in [-0.1, -0.05) is 0 Å². The van der Waals surface area contributed by atoms with Crippen molar-refractivity contribution in [2.45, 2.75) is 24.5 Å². The minimum atomic E-state index is -4.81. The van der Waals surface area contributed by atoms with Gasteiger partial charge in [0.05, 0.1) is 12.9 Å². The van der Waals surface area contributed by atoms with Gasteiger partial charge >= 0.3 is 15.2 Å². The molecule has 1 fully saturated rings. The summed E-state index contributed by atoms with van der Waals surface area (Å²) in [6.07, 6.45) is -4.35. The molecule has 0 saturated carbocycles. The molecule has 0 radical (unpaired) electrons. The van der Waals surface area contributed by atoms with Crippen LogP contribution < -0.4 is 5.73 Å². The van der Waals surface area contributed by atoms with Crippen molar-refractivity contribution in [3.05, 3.63) is 11.6 Å². The number of aromatic nitrogens is 4. The Hall–Kier alpha value is -1.18. The van der Waals surface area contributed by atoms with E-state index < -0.39 is 52.2 Å². The van der Waals surface area contributed by atoms with Crippen molar-refractivity contribution in [2.24, 2.45) is 0 Å². The van der Waals surface area contributed by atoms with Crippen LogP contribution in [0.4, 0.5) is 5.82 Å². The van der Waals surface area contributed by atoms with Gasteiger partial charge in [-0.05, 0) is 11.6 Å². The van der Waals surface area contributed by atoms with Gasteiger partial charge in [-0.2, -0.15) is 9.97 Å². The Morgan fingerprint density at radius 2 is 1.93 bits per heavy atom. The summed E-state index contributed by atoms with van der Waals surface area (Å²) in [6.45, 7) is -0.715. The Morgan fingerprint density at radius 3 is 2.57 bits per heavy atom. The minimum Gasteiger partial charge on any atom is -0.387 e. The molecule has 156 valence electrons. The highest BCUT2D eigenvalue weighted by molar-refractivity contribution is 7.70. The van der Waals surface area contributed by atoms with E-state index in [0.29, 0.717) is 0 Å². The Labute approximate surface area is 161 Å². The maximum absolute atomic E-state index is 11.7. The molecule has 1 saturated heterocycles. The Kier molecular flexibility index (Phi) is 5.82. The number of hydrogen-bond donors (Lipinski definition) is 6. The smallest absolute Gasteiger partial charge is 0.340 e. The van der Waals surface area contributed by atoms with Gasteiger partial charge in [0.15, 0.2) is 23.6 Å². The lowest BCUT2D eigenvalue weighted by molar-refractivity contribution is -0.0483. The lowest BCUT2D eigenvalue weighted by atomic mass is 10.1. The van der Waals surface area contributed by atoms with Crippen molar-refractivity contribution in [3.63, 3.8) is 0 Å². The van der Waals surface area contributed by atoms with Crippen LogP contribution in [0.1, 0.15) is 6.23 Å². The molecular weight excluding hydrogens is 444 g/mol. The van der Waals surface area contributed by atoms with Crippen molar-refractivity contribution in [1.82, 2.24) is 19.5 Å².